The number of rotatable bonds is 5. The molecular weight excluding hydrogens is 268 g/mol. The number of amides is 1. The van der Waals surface area contributed by atoms with Crippen molar-refractivity contribution in [3.05, 3.63) is 23.8 Å². The van der Waals surface area contributed by atoms with E-state index in [4.69, 9.17) is 15.2 Å². The molecule has 1 saturated carbocycles. The van der Waals surface area contributed by atoms with Gasteiger partial charge in [-0.2, -0.15) is 0 Å². The topological polar surface area (TPSA) is 73.6 Å². The smallest absolute Gasteiger partial charge is 0.255 e. The van der Waals surface area contributed by atoms with E-state index in [2.05, 4.69) is 19.2 Å². The Kier molecular flexibility index (Phi) is 4.42. The molecule has 1 aliphatic carbocycles. The number of nitrogens with one attached hydrogen (secondary N) is 1. The lowest BCUT2D eigenvalue weighted by atomic mass is 9.64. The fourth-order valence-electron chi connectivity index (χ4n) is 2.75. The summed E-state index contributed by atoms with van der Waals surface area (Å²) < 4.78 is 10.9. The molecule has 3 N–H and O–H groups in total. The Morgan fingerprint density at radius 1 is 1.48 bits per heavy atom. The molecule has 0 heterocycles. The molecule has 0 radical (unpaired) electrons. The van der Waals surface area contributed by atoms with Crippen LogP contribution < -0.4 is 15.8 Å². The highest BCUT2D eigenvalue weighted by atomic mass is 16.5. The van der Waals surface area contributed by atoms with E-state index in [0.29, 0.717) is 23.6 Å². The summed E-state index contributed by atoms with van der Waals surface area (Å²) in [4.78, 5) is 12.4. The second-order valence-corrected chi connectivity index (χ2v) is 5.99. The monoisotopic (exact) mass is 292 g/mol. The molecule has 1 aliphatic rings. The zero-order chi connectivity index (χ0) is 15.6. The fraction of sp³-hybridized carbons (Fsp3) is 0.562. The highest BCUT2D eigenvalue weighted by molar-refractivity contribution is 5.97. The minimum Gasteiger partial charge on any atom is -0.496 e. The van der Waals surface area contributed by atoms with Crippen molar-refractivity contribution in [2.75, 3.05) is 19.5 Å². The number of carbonyl (C=O) groups excluding carboxylic acids is 1. The third-order valence-electron chi connectivity index (χ3n) is 4.32. The molecular formula is C16H24N2O3. The van der Waals surface area contributed by atoms with Gasteiger partial charge in [0.25, 0.3) is 5.91 Å². The Balaban J connectivity index is 2.06. The summed E-state index contributed by atoms with van der Waals surface area (Å²) in [7, 11) is 1.53. The predicted molar refractivity (Wildman–Crippen MR) is 82.5 cm³/mol. The minimum absolute atomic E-state index is 0.0628. The number of nitrogens with two attached hydrogens (primary N) is 1. The summed E-state index contributed by atoms with van der Waals surface area (Å²) in [5.41, 5.74) is 6.72. The standard InChI is InChI=1S/C16H24N2O3/c1-5-21-14-9-13(16(14,2)3)18-15(19)11-7-6-10(17)8-12(11)20-4/h6-8,13-14H,5,9,17H2,1-4H3,(H,18,19). The van der Waals surface area contributed by atoms with Gasteiger partial charge in [0.05, 0.1) is 18.8 Å². The summed E-state index contributed by atoms with van der Waals surface area (Å²) in [6, 6.07) is 5.15. The minimum atomic E-state index is -0.139. The number of methoxy groups -OCH3 is 1. The molecule has 5 nitrogen and oxygen atoms in total. The number of nitrogen functional groups attached to an aromatic ring is 1. The molecule has 21 heavy (non-hydrogen) atoms. The Hall–Kier alpha value is -1.75. The molecule has 2 atom stereocenters. The molecule has 116 valence electrons. The maximum atomic E-state index is 12.4. The van der Waals surface area contributed by atoms with Crippen molar-refractivity contribution >= 4 is 11.6 Å². The van der Waals surface area contributed by atoms with Crippen LogP contribution in [0.4, 0.5) is 5.69 Å². The van der Waals surface area contributed by atoms with Crippen LogP contribution in [0.15, 0.2) is 18.2 Å². The summed E-state index contributed by atoms with van der Waals surface area (Å²) in [6.07, 6.45) is 1.03. The number of ether oxygens (including phenoxy) is 2. The number of anilines is 1. The number of hydrogen-bond acceptors (Lipinski definition) is 4. The lowest BCUT2D eigenvalue weighted by molar-refractivity contribution is -0.111. The van der Waals surface area contributed by atoms with E-state index < -0.39 is 0 Å². The average molecular weight is 292 g/mol. The maximum absolute atomic E-state index is 12.4. The van der Waals surface area contributed by atoms with E-state index in [1.54, 1.807) is 18.2 Å². The van der Waals surface area contributed by atoms with Gasteiger partial charge in [-0.3, -0.25) is 4.79 Å². The van der Waals surface area contributed by atoms with Gasteiger partial charge in [0.2, 0.25) is 0 Å². The van der Waals surface area contributed by atoms with Gasteiger partial charge >= 0.3 is 0 Å². The Labute approximate surface area is 125 Å². The van der Waals surface area contributed by atoms with Crippen LogP contribution in [0.25, 0.3) is 0 Å². The van der Waals surface area contributed by atoms with E-state index in [9.17, 15) is 4.79 Å². The van der Waals surface area contributed by atoms with Crippen LogP contribution in [0.3, 0.4) is 0 Å². The Morgan fingerprint density at radius 3 is 2.76 bits per heavy atom. The van der Waals surface area contributed by atoms with Gasteiger partial charge in [-0.05, 0) is 25.5 Å². The van der Waals surface area contributed by atoms with Crippen LogP contribution in [-0.2, 0) is 4.74 Å². The van der Waals surface area contributed by atoms with Gasteiger partial charge in [0, 0.05) is 29.8 Å². The van der Waals surface area contributed by atoms with Crippen molar-refractivity contribution in [3.8, 4) is 5.75 Å². The van der Waals surface area contributed by atoms with Gasteiger partial charge < -0.3 is 20.5 Å². The predicted octanol–water partition coefficient (Wildman–Crippen LogP) is 2.21. The van der Waals surface area contributed by atoms with E-state index in [-0.39, 0.29) is 23.5 Å². The van der Waals surface area contributed by atoms with Crippen LogP contribution in [0.1, 0.15) is 37.6 Å². The van der Waals surface area contributed by atoms with Crippen LogP contribution in [0, 0.1) is 5.41 Å². The molecule has 1 fully saturated rings. The molecule has 2 rings (SSSR count). The Bertz CT molecular complexity index is 528. The van der Waals surface area contributed by atoms with Crippen molar-refractivity contribution in [1.29, 1.82) is 0 Å². The third-order valence-corrected chi connectivity index (χ3v) is 4.32. The highest BCUT2D eigenvalue weighted by Crippen LogP contribution is 2.43. The summed E-state index contributed by atoms with van der Waals surface area (Å²) in [5.74, 6) is 0.353. The Morgan fingerprint density at radius 2 is 2.19 bits per heavy atom. The van der Waals surface area contributed by atoms with Crippen LogP contribution in [0.5, 0.6) is 5.75 Å². The molecule has 1 amide bonds. The van der Waals surface area contributed by atoms with E-state index in [1.807, 2.05) is 6.92 Å². The molecule has 1 aromatic rings. The van der Waals surface area contributed by atoms with Crippen LogP contribution >= 0.6 is 0 Å². The van der Waals surface area contributed by atoms with Gasteiger partial charge in [-0.15, -0.1) is 0 Å². The molecule has 0 aliphatic heterocycles. The average Bonchev–Trinajstić information content (AvgIpc) is 2.45. The quantitative estimate of drug-likeness (QED) is 0.816. The van der Waals surface area contributed by atoms with Gasteiger partial charge in [0.1, 0.15) is 5.75 Å². The van der Waals surface area contributed by atoms with Gasteiger partial charge in [0.15, 0.2) is 0 Å². The van der Waals surface area contributed by atoms with Gasteiger partial charge in [-0.25, -0.2) is 0 Å². The van der Waals surface area contributed by atoms with Crippen molar-refractivity contribution in [3.63, 3.8) is 0 Å². The fourth-order valence-corrected chi connectivity index (χ4v) is 2.75. The zero-order valence-electron chi connectivity index (χ0n) is 13.1. The SMILES string of the molecule is CCOC1CC(NC(=O)c2ccc(N)cc2OC)C1(C)C. The largest absolute Gasteiger partial charge is 0.496 e. The molecule has 2 unspecified atom stereocenters. The van der Waals surface area contributed by atoms with Crippen LogP contribution in [-0.4, -0.2) is 31.8 Å². The lowest BCUT2D eigenvalue weighted by Gasteiger charge is -2.51. The summed E-state index contributed by atoms with van der Waals surface area (Å²) in [5, 5.41) is 3.07. The first-order chi connectivity index (χ1) is 9.90. The normalized spacial score (nSPS) is 23.2. The molecule has 0 bridgehead atoms. The van der Waals surface area contributed by atoms with Crippen LogP contribution in [0.2, 0.25) is 0 Å². The van der Waals surface area contributed by atoms with Crippen molar-refractivity contribution in [2.24, 2.45) is 5.41 Å². The van der Waals surface area contributed by atoms with Crippen molar-refractivity contribution in [2.45, 2.75) is 39.3 Å². The number of carbonyl (C=O) groups is 1. The first kappa shape index (κ1) is 15.6. The molecule has 5 heteroatoms. The van der Waals surface area contributed by atoms with E-state index >= 15 is 0 Å². The van der Waals surface area contributed by atoms with E-state index in [0.717, 1.165) is 6.42 Å². The number of hydrogen-bond donors (Lipinski definition) is 2. The first-order valence-electron chi connectivity index (χ1n) is 7.26. The first-order valence-corrected chi connectivity index (χ1v) is 7.26. The lowest BCUT2D eigenvalue weighted by Crippen LogP contribution is -2.62. The molecule has 0 aromatic heterocycles. The second-order valence-electron chi connectivity index (χ2n) is 5.99. The molecule has 0 saturated heterocycles. The summed E-state index contributed by atoms with van der Waals surface area (Å²) in [6.45, 7) is 6.91. The zero-order valence-corrected chi connectivity index (χ0v) is 13.1. The van der Waals surface area contributed by atoms with Crippen molar-refractivity contribution in [1.82, 2.24) is 5.32 Å². The summed E-state index contributed by atoms with van der Waals surface area (Å²) >= 11 is 0. The second kappa shape index (κ2) is 5.93. The maximum Gasteiger partial charge on any atom is 0.255 e. The molecule has 0 spiro atoms. The number of benzene rings is 1. The van der Waals surface area contributed by atoms with E-state index in [1.165, 1.54) is 7.11 Å². The molecule has 1 aromatic carbocycles. The van der Waals surface area contributed by atoms with Crippen molar-refractivity contribution < 1.29 is 14.3 Å². The third kappa shape index (κ3) is 2.97. The van der Waals surface area contributed by atoms with Gasteiger partial charge in [-0.1, -0.05) is 13.8 Å². The highest BCUT2D eigenvalue weighted by Gasteiger charge is 2.49.